The molecule has 28 heavy (non-hydrogen) atoms. The van der Waals surface area contributed by atoms with E-state index < -0.39 is 5.60 Å². The van der Waals surface area contributed by atoms with Crippen LogP contribution in [0.2, 0.25) is 0 Å². The Bertz CT molecular complexity index is 763. The first-order chi connectivity index (χ1) is 13.2. The van der Waals surface area contributed by atoms with Crippen LogP contribution in [0.25, 0.3) is 5.69 Å². The maximum absolute atomic E-state index is 12.7. The van der Waals surface area contributed by atoms with E-state index in [0.717, 1.165) is 25.2 Å². The van der Waals surface area contributed by atoms with Crippen molar-refractivity contribution in [3.63, 3.8) is 0 Å². The predicted molar refractivity (Wildman–Crippen MR) is 112 cm³/mol. The third-order valence-electron chi connectivity index (χ3n) is 4.87. The largest absolute Gasteiger partial charge is 0.444 e. The van der Waals surface area contributed by atoms with Crippen molar-refractivity contribution in [1.82, 2.24) is 14.5 Å². The quantitative estimate of drug-likeness (QED) is 0.787. The molecule has 1 amide bonds. The van der Waals surface area contributed by atoms with Crippen LogP contribution in [-0.4, -0.2) is 51.8 Å². The Kier molecular flexibility index (Phi) is 5.96. The van der Waals surface area contributed by atoms with Crippen LogP contribution >= 0.6 is 0 Å². The number of imidazole rings is 1. The number of carbonyl (C=O) groups excluding carboxylic acids is 1. The number of amides is 1. The van der Waals surface area contributed by atoms with E-state index in [4.69, 9.17) is 4.74 Å². The molecule has 1 unspecified atom stereocenters. The van der Waals surface area contributed by atoms with E-state index in [9.17, 15) is 4.79 Å². The van der Waals surface area contributed by atoms with Crippen LogP contribution in [0.15, 0.2) is 43.0 Å². The molecule has 0 N–H and O–H groups in total. The van der Waals surface area contributed by atoms with E-state index in [1.54, 1.807) is 12.5 Å². The number of carbonyl (C=O) groups is 1. The zero-order valence-electron chi connectivity index (χ0n) is 17.6. The number of anilines is 1. The molecule has 6 heteroatoms. The predicted octanol–water partition coefficient (Wildman–Crippen LogP) is 4.34. The molecule has 1 atom stereocenters. The Labute approximate surface area is 168 Å². The summed E-state index contributed by atoms with van der Waals surface area (Å²) in [7, 11) is 0. The fourth-order valence-corrected chi connectivity index (χ4v) is 3.64. The summed E-state index contributed by atoms with van der Waals surface area (Å²) in [5, 5.41) is 0. The summed E-state index contributed by atoms with van der Waals surface area (Å²) in [6.45, 7) is 12.5. The lowest BCUT2D eigenvalue weighted by Gasteiger charge is -2.43. The van der Waals surface area contributed by atoms with Gasteiger partial charge in [0.1, 0.15) is 5.60 Å². The molecule has 0 aliphatic carbocycles. The Hall–Kier alpha value is -2.50. The van der Waals surface area contributed by atoms with E-state index in [1.807, 2.05) is 36.4 Å². The summed E-state index contributed by atoms with van der Waals surface area (Å²) in [6.07, 6.45) is 6.28. The molecule has 3 rings (SSSR count). The van der Waals surface area contributed by atoms with Gasteiger partial charge in [-0.05, 0) is 57.4 Å². The van der Waals surface area contributed by atoms with E-state index in [0.29, 0.717) is 12.5 Å². The van der Waals surface area contributed by atoms with Crippen molar-refractivity contribution in [1.29, 1.82) is 0 Å². The number of rotatable bonds is 4. The first kappa shape index (κ1) is 20.2. The molecule has 152 valence electrons. The fourth-order valence-electron chi connectivity index (χ4n) is 3.64. The molecule has 0 radical (unpaired) electrons. The number of piperazine rings is 1. The first-order valence-electron chi connectivity index (χ1n) is 10.1. The highest BCUT2D eigenvalue weighted by atomic mass is 16.6. The average Bonchev–Trinajstić information content (AvgIpc) is 3.14. The molecule has 1 aromatic heterocycles. The highest BCUT2D eigenvalue weighted by molar-refractivity contribution is 5.69. The van der Waals surface area contributed by atoms with Gasteiger partial charge in [-0.3, -0.25) is 0 Å². The Morgan fingerprint density at radius 3 is 2.43 bits per heavy atom. The van der Waals surface area contributed by atoms with Gasteiger partial charge in [-0.1, -0.05) is 13.8 Å². The maximum atomic E-state index is 12.7. The van der Waals surface area contributed by atoms with Gasteiger partial charge in [-0.2, -0.15) is 0 Å². The standard InChI is InChI=1S/C22H32N4O2/c1-17(2)14-20-15-24(12-13-26(20)21(27)28-22(3,4)5)18-6-8-19(9-7-18)25-11-10-23-16-25/h6-11,16-17,20H,12-15H2,1-5H3. The normalized spacial score (nSPS) is 17.9. The van der Waals surface area contributed by atoms with E-state index in [1.165, 1.54) is 5.69 Å². The molecule has 2 aromatic rings. The minimum atomic E-state index is -0.472. The summed E-state index contributed by atoms with van der Waals surface area (Å²) in [5.41, 5.74) is 1.80. The van der Waals surface area contributed by atoms with Crippen LogP contribution in [0.4, 0.5) is 10.5 Å². The highest BCUT2D eigenvalue weighted by Gasteiger charge is 2.33. The number of ether oxygens (including phenoxy) is 1. The Balaban J connectivity index is 1.72. The molecule has 1 aromatic carbocycles. The summed E-state index contributed by atoms with van der Waals surface area (Å²) in [6, 6.07) is 8.65. The van der Waals surface area contributed by atoms with Gasteiger partial charge in [-0.25, -0.2) is 9.78 Å². The number of aromatic nitrogens is 2. The van der Waals surface area contributed by atoms with E-state index >= 15 is 0 Å². The van der Waals surface area contributed by atoms with Crippen LogP contribution in [0, 0.1) is 5.92 Å². The average molecular weight is 385 g/mol. The molecule has 0 saturated carbocycles. The summed E-state index contributed by atoms with van der Waals surface area (Å²) >= 11 is 0. The molecule has 0 spiro atoms. The van der Waals surface area contributed by atoms with Gasteiger partial charge in [0.05, 0.1) is 12.4 Å². The smallest absolute Gasteiger partial charge is 0.410 e. The molecule has 1 aliphatic rings. The minimum Gasteiger partial charge on any atom is -0.444 e. The van der Waals surface area contributed by atoms with Crippen LogP contribution in [0.1, 0.15) is 41.0 Å². The maximum Gasteiger partial charge on any atom is 0.410 e. The van der Waals surface area contributed by atoms with Crippen molar-refractivity contribution < 1.29 is 9.53 Å². The monoisotopic (exact) mass is 384 g/mol. The molecule has 0 bridgehead atoms. The topological polar surface area (TPSA) is 50.6 Å². The van der Waals surface area contributed by atoms with Gasteiger partial charge in [0.25, 0.3) is 0 Å². The molecule has 1 fully saturated rings. The zero-order valence-corrected chi connectivity index (χ0v) is 17.6. The van der Waals surface area contributed by atoms with Crippen LogP contribution in [0.5, 0.6) is 0 Å². The van der Waals surface area contributed by atoms with Crippen LogP contribution in [-0.2, 0) is 4.74 Å². The van der Waals surface area contributed by atoms with Crippen molar-refractivity contribution in [3.8, 4) is 5.69 Å². The number of nitrogens with zero attached hydrogens (tertiary/aromatic N) is 4. The second-order valence-corrected chi connectivity index (χ2v) is 8.89. The van der Waals surface area contributed by atoms with Crippen LogP contribution < -0.4 is 4.90 Å². The molecular formula is C22H32N4O2. The highest BCUT2D eigenvalue weighted by Crippen LogP contribution is 2.25. The van der Waals surface area contributed by atoms with Crippen molar-refractivity contribution in [2.45, 2.75) is 52.7 Å². The van der Waals surface area contributed by atoms with Crippen molar-refractivity contribution >= 4 is 11.8 Å². The zero-order chi connectivity index (χ0) is 20.3. The summed E-state index contributed by atoms with van der Waals surface area (Å²) in [4.78, 5) is 21.1. The molecule has 2 heterocycles. The van der Waals surface area contributed by atoms with Gasteiger partial charge in [0.2, 0.25) is 0 Å². The number of hydrogen-bond acceptors (Lipinski definition) is 4. The third-order valence-corrected chi connectivity index (χ3v) is 4.87. The fraction of sp³-hybridized carbons (Fsp3) is 0.545. The minimum absolute atomic E-state index is 0.150. The van der Waals surface area contributed by atoms with E-state index in [2.05, 4.69) is 48.0 Å². The van der Waals surface area contributed by atoms with Crippen molar-refractivity contribution in [2.24, 2.45) is 5.92 Å². The Morgan fingerprint density at radius 2 is 1.86 bits per heavy atom. The lowest BCUT2D eigenvalue weighted by Crippen LogP contribution is -2.56. The van der Waals surface area contributed by atoms with E-state index in [-0.39, 0.29) is 12.1 Å². The Morgan fingerprint density at radius 1 is 1.18 bits per heavy atom. The SMILES string of the molecule is CC(C)CC1CN(c2ccc(-n3ccnc3)cc2)CCN1C(=O)OC(C)(C)C. The van der Waals surface area contributed by atoms with Gasteiger partial charge in [0.15, 0.2) is 0 Å². The summed E-state index contributed by atoms with van der Waals surface area (Å²) in [5.74, 6) is 0.513. The van der Waals surface area contributed by atoms with Gasteiger partial charge in [-0.15, -0.1) is 0 Å². The first-order valence-corrected chi connectivity index (χ1v) is 10.1. The molecule has 1 aliphatic heterocycles. The lowest BCUT2D eigenvalue weighted by molar-refractivity contribution is 0.0120. The van der Waals surface area contributed by atoms with Gasteiger partial charge < -0.3 is 19.1 Å². The van der Waals surface area contributed by atoms with Crippen molar-refractivity contribution in [2.75, 3.05) is 24.5 Å². The number of hydrogen-bond donors (Lipinski definition) is 0. The molecular weight excluding hydrogens is 352 g/mol. The number of benzene rings is 1. The second-order valence-electron chi connectivity index (χ2n) is 8.89. The van der Waals surface area contributed by atoms with Gasteiger partial charge in [0, 0.05) is 43.4 Å². The van der Waals surface area contributed by atoms with Gasteiger partial charge >= 0.3 is 6.09 Å². The second kappa shape index (κ2) is 8.25. The molecule has 6 nitrogen and oxygen atoms in total. The molecule has 1 saturated heterocycles. The third kappa shape index (κ3) is 5.06. The summed E-state index contributed by atoms with van der Waals surface area (Å²) < 4.78 is 7.64. The lowest BCUT2D eigenvalue weighted by atomic mass is 10.00. The van der Waals surface area contributed by atoms with Crippen LogP contribution in [0.3, 0.4) is 0 Å². The van der Waals surface area contributed by atoms with Crippen molar-refractivity contribution in [3.05, 3.63) is 43.0 Å².